The van der Waals surface area contributed by atoms with E-state index in [1.807, 2.05) is 54.6 Å². The van der Waals surface area contributed by atoms with Crippen molar-refractivity contribution < 1.29 is 9.59 Å². The highest BCUT2D eigenvalue weighted by atomic mass is 79.9. The number of carbonyl (C=O) groups excluding carboxylic acids is 2. The predicted octanol–water partition coefficient (Wildman–Crippen LogP) is 5.68. The molecule has 0 aliphatic carbocycles. The molecule has 7 heteroatoms. The molecule has 0 aromatic heterocycles. The van der Waals surface area contributed by atoms with E-state index in [4.69, 9.17) is 23.2 Å². The minimum Gasteiger partial charge on any atom is -0.357 e. The van der Waals surface area contributed by atoms with Crippen molar-refractivity contribution in [3.05, 3.63) is 104 Å². The standard InChI is InChI=1S/C25H23BrCl2N2O2/c1-29-25(32)23(13-17-6-3-2-4-7-17)30(16-18-8-5-9-20(26)12-18)24(31)14-19-10-11-21(27)15-22(19)28/h2-12,15,23H,13-14,16H2,1H3,(H,29,32)/t23-/m1/s1. The van der Waals surface area contributed by atoms with Gasteiger partial charge >= 0.3 is 0 Å². The van der Waals surface area contributed by atoms with Crippen LogP contribution in [0.15, 0.2) is 77.3 Å². The largest absolute Gasteiger partial charge is 0.357 e. The normalized spacial score (nSPS) is 11.6. The van der Waals surface area contributed by atoms with Crippen molar-refractivity contribution in [3.63, 3.8) is 0 Å². The van der Waals surface area contributed by atoms with Gasteiger partial charge in [-0.15, -0.1) is 0 Å². The Morgan fingerprint density at radius 2 is 1.69 bits per heavy atom. The molecule has 32 heavy (non-hydrogen) atoms. The summed E-state index contributed by atoms with van der Waals surface area (Å²) >= 11 is 15.8. The summed E-state index contributed by atoms with van der Waals surface area (Å²) in [5.41, 5.74) is 2.55. The van der Waals surface area contributed by atoms with E-state index in [-0.39, 0.29) is 24.8 Å². The molecule has 3 aromatic carbocycles. The number of amides is 2. The second kappa shape index (κ2) is 11.5. The first-order chi connectivity index (χ1) is 15.4. The third-order valence-corrected chi connectivity index (χ3v) is 6.20. The lowest BCUT2D eigenvalue weighted by atomic mass is 10.0. The van der Waals surface area contributed by atoms with Crippen molar-refractivity contribution in [2.24, 2.45) is 0 Å². The van der Waals surface area contributed by atoms with Gasteiger partial charge in [-0.2, -0.15) is 0 Å². The number of halogens is 3. The number of hydrogen-bond donors (Lipinski definition) is 1. The number of nitrogens with one attached hydrogen (secondary N) is 1. The van der Waals surface area contributed by atoms with Gasteiger partial charge in [0.15, 0.2) is 0 Å². The molecule has 166 valence electrons. The minimum atomic E-state index is -0.681. The van der Waals surface area contributed by atoms with Crippen LogP contribution in [0.1, 0.15) is 16.7 Å². The summed E-state index contributed by atoms with van der Waals surface area (Å²) in [4.78, 5) is 28.1. The van der Waals surface area contributed by atoms with Crippen LogP contribution in [-0.4, -0.2) is 29.8 Å². The Morgan fingerprint density at radius 1 is 0.969 bits per heavy atom. The van der Waals surface area contributed by atoms with Crippen molar-refractivity contribution in [2.45, 2.75) is 25.4 Å². The predicted molar refractivity (Wildman–Crippen MR) is 133 cm³/mol. The van der Waals surface area contributed by atoms with Gasteiger partial charge in [-0.1, -0.05) is 87.7 Å². The van der Waals surface area contributed by atoms with E-state index in [0.29, 0.717) is 22.0 Å². The van der Waals surface area contributed by atoms with Crippen LogP contribution in [-0.2, 0) is 29.0 Å². The molecule has 0 unspecified atom stereocenters. The highest BCUT2D eigenvalue weighted by Crippen LogP contribution is 2.24. The van der Waals surface area contributed by atoms with Crippen LogP contribution in [0.4, 0.5) is 0 Å². The van der Waals surface area contributed by atoms with Crippen molar-refractivity contribution >= 4 is 50.9 Å². The van der Waals surface area contributed by atoms with Gasteiger partial charge in [0.1, 0.15) is 6.04 Å². The van der Waals surface area contributed by atoms with E-state index >= 15 is 0 Å². The fraction of sp³-hybridized carbons (Fsp3) is 0.200. The third kappa shape index (κ3) is 6.58. The SMILES string of the molecule is CNC(=O)[C@@H](Cc1ccccc1)N(Cc1cccc(Br)c1)C(=O)Cc1ccc(Cl)cc1Cl. The average Bonchev–Trinajstić information content (AvgIpc) is 2.78. The highest BCUT2D eigenvalue weighted by Gasteiger charge is 2.30. The summed E-state index contributed by atoms with van der Waals surface area (Å²) in [5.74, 6) is -0.418. The Morgan fingerprint density at radius 3 is 2.34 bits per heavy atom. The number of nitrogens with zero attached hydrogens (tertiary/aromatic N) is 1. The number of hydrogen-bond acceptors (Lipinski definition) is 2. The van der Waals surface area contributed by atoms with Crippen LogP contribution in [0, 0.1) is 0 Å². The fourth-order valence-electron chi connectivity index (χ4n) is 3.48. The maximum atomic E-state index is 13.5. The molecule has 0 aliphatic rings. The molecule has 3 rings (SSSR count). The Labute approximate surface area is 206 Å². The van der Waals surface area contributed by atoms with Gasteiger partial charge in [0.05, 0.1) is 6.42 Å². The second-order valence-corrected chi connectivity index (χ2v) is 9.14. The van der Waals surface area contributed by atoms with E-state index in [2.05, 4.69) is 21.2 Å². The quantitative estimate of drug-likeness (QED) is 0.404. The van der Waals surface area contributed by atoms with Gasteiger partial charge in [-0.25, -0.2) is 0 Å². The van der Waals surface area contributed by atoms with Crippen molar-refractivity contribution in [3.8, 4) is 0 Å². The van der Waals surface area contributed by atoms with E-state index < -0.39 is 6.04 Å². The molecule has 0 aliphatic heterocycles. The van der Waals surface area contributed by atoms with Crippen LogP contribution in [0.5, 0.6) is 0 Å². The minimum absolute atomic E-state index is 0.0618. The first-order valence-electron chi connectivity index (χ1n) is 10.1. The Hall–Kier alpha value is -2.34. The van der Waals surface area contributed by atoms with Crippen LogP contribution in [0.3, 0.4) is 0 Å². The molecule has 3 aromatic rings. The summed E-state index contributed by atoms with van der Waals surface area (Å²) < 4.78 is 0.905. The number of likely N-dealkylation sites (N-methyl/N-ethyl adjacent to an activating group) is 1. The molecule has 2 amide bonds. The van der Waals surface area contributed by atoms with Crippen LogP contribution >= 0.6 is 39.1 Å². The Balaban J connectivity index is 1.96. The lowest BCUT2D eigenvalue weighted by Crippen LogP contribution is -2.50. The van der Waals surface area contributed by atoms with E-state index in [1.54, 1.807) is 30.1 Å². The van der Waals surface area contributed by atoms with Gasteiger partial charge in [0.2, 0.25) is 11.8 Å². The van der Waals surface area contributed by atoms with Gasteiger partial charge in [0.25, 0.3) is 0 Å². The maximum absolute atomic E-state index is 13.5. The average molecular weight is 534 g/mol. The zero-order valence-electron chi connectivity index (χ0n) is 17.5. The monoisotopic (exact) mass is 532 g/mol. The molecule has 0 bridgehead atoms. The lowest BCUT2D eigenvalue weighted by Gasteiger charge is -2.31. The highest BCUT2D eigenvalue weighted by molar-refractivity contribution is 9.10. The van der Waals surface area contributed by atoms with Gasteiger partial charge in [-0.3, -0.25) is 9.59 Å². The van der Waals surface area contributed by atoms with Crippen molar-refractivity contribution in [1.29, 1.82) is 0 Å². The Bertz CT molecular complexity index is 1090. The van der Waals surface area contributed by atoms with E-state index in [0.717, 1.165) is 15.6 Å². The topological polar surface area (TPSA) is 49.4 Å². The van der Waals surface area contributed by atoms with Crippen LogP contribution in [0.2, 0.25) is 10.0 Å². The van der Waals surface area contributed by atoms with Crippen molar-refractivity contribution in [1.82, 2.24) is 10.2 Å². The summed E-state index contributed by atoms with van der Waals surface area (Å²) in [5, 5.41) is 3.64. The van der Waals surface area contributed by atoms with Gasteiger partial charge in [0, 0.05) is 34.5 Å². The number of carbonyl (C=O) groups is 2. The zero-order chi connectivity index (χ0) is 23.1. The summed E-state index contributed by atoms with van der Waals surface area (Å²) in [6.07, 6.45) is 0.459. The zero-order valence-corrected chi connectivity index (χ0v) is 20.6. The summed E-state index contributed by atoms with van der Waals surface area (Å²) in [7, 11) is 1.58. The maximum Gasteiger partial charge on any atom is 0.242 e. The lowest BCUT2D eigenvalue weighted by molar-refractivity contribution is -0.140. The molecule has 0 saturated carbocycles. The molecule has 0 fully saturated rings. The first-order valence-corrected chi connectivity index (χ1v) is 11.7. The van der Waals surface area contributed by atoms with Gasteiger partial charge in [-0.05, 0) is 41.0 Å². The van der Waals surface area contributed by atoms with Crippen LogP contribution in [0.25, 0.3) is 0 Å². The fourth-order valence-corrected chi connectivity index (χ4v) is 4.40. The molecule has 1 N–H and O–H groups in total. The Kier molecular flexibility index (Phi) is 8.74. The second-order valence-electron chi connectivity index (χ2n) is 7.38. The number of benzene rings is 3. The molecule has 0 spiro atoms. The first kappa shape index (κ1) is 24.3. The van der Waals surface area contributed by atoms with Crippen LogP contribution < -0.4 is 5.32 Å². The molecule has 1 atom stereocenters. The van der Waals surface area contributed by atoms with Gasteiger partial charge < -0.3 is 10.2 Å². The smallest absolute Gasteiger partial charge is 0.242 e. The van der Waals surface area contributed by atoms with Crippen molar-refractivity contribution in [2.75, 3.05) is 7.05 Å². The molecule has 0 heterocycles. The number of rotatable bonds is 8. The molecule has 0 radical (unpaired) electrons. The summed E-state index contributed by atoms with van der Waals surface area (Å²) in [6.45, 7) is 0.286. The molecule has 0 saturated heterocycles. The molecular weight excluding hydrogens is 511 g/mol. The molecule has 4 nitrogen and oxygen atoms in total. The van der Waals surface area contributed by atoms with E-state index in [9.17, 15) is 9.59 Å². The van der Waals surface area contributed by atoms with E-state index in [1.165, 1.54) is 0 Å². The summed E-state index contributed by atoms with van der Waals surface area (Å²) in [6, 6.07) is 21.8. The molecular formula is C25H23BrCl2N2O2. The third-order valence-electron chi connectivity index (χ3n) is 5.12.